The van der Waals surface area contributed by atoms with Gasteiger partial charge in [-0.25, -0.2) is 22.8 Å². The van der Waals surface area contributed by atoms with Gasteiger partial charge in [0.1, 0.15) is 11.5 Å². The number of hydrogen-bond donors (Lipinski definition) is 2. The predicted octanol–water partition coefficient (Wildman–Crippen LogP) is 0.295. The van der Waals surface area contributed by atoms with Gasteiger partial charge in [0.15, 0.2) is 15.7 Å². The molecule has 0 bridgehead atoms. The van der Waals surface area contributed by atoms with Crippen LogP contribution in [0, 0.1) is 5.82 Å². The summed E-state index contributed by atoms with van der Waals surface area (Å²) in [4.78, 5) is 9.52. The molecule has 2 aliphatic rings. The summed E-state index contributed by atoms with van der Waals surface area (Å²) in [6.07, 6.45) is 4.77. The lowest BCUT2D eigenvalue weighted by molar-refractivity contribution is 0.0920. The van der Waals surface area contributed by atoms with Crippen molar-refractivity contribution in [1.82, 2.24) is 25.5 Å². The Morgan fingerprint density at radius 2 is 2.11 bits per heavy atom. The second-order valence-electron chi connectivity index (χ2n) is 7.31. The van der Waals surface area contributed by atoms with Gasteiger partial charge in [-0.3, -0.25) is 10.2 Å². The quantitative estimate of drug-likeness (QED) is 0.632. The molecule has 0 aliphatic carbocycles. The topological polar surface area (TPSA) is 96.5 Å². The van der Waals surface area contributed by atoms with E-state index in [0.29, 0.717) is 39.1 Å². The Morgan fingerprint density at radius 1 is 1.44 bits per heavy atom. The number of ether oxygens (including phenoxy) is 1. The first kappa shape index (κ1) is 20.1. The molecule has 8 nitrogen and oxygen atoms in total. The average Bonchev–Trinajstić information content (AvgIpc) is 3.04. The number of hydrogen-bond acceptors (Lipinski definition) is 8. The fraction of sp³-hybridized carbons (Fsp3) is 0.647. The normalized spacial score (nSPS) is 26.0. The maximum absolute atomic E-state index is 13.0. The minimum absolute atomic E-state index is 0.0452. The maximum atomic E-state index is 13.0. The minimum Gasteiger partial charge on any atom is -0.460 e. The molecule has 0 saturated carbocycles. The van der Waals surface area contributed by atoms with Crippen LogP contribution in [0.3, 0.4) is 0 Å². The van der Waals surface area contributed by atoms with Crippen molar-refractivity contribution in [2.45, 2.75) is 36.8 Å². The standard InChI is InChI=1S/C17H26FN5O3S/c1-3-15(27(24,25)11-17(2)10-19-12-22-17)23-6-4-14(5-7-23)26-16-20-8-13(18)9-21-16/h3,8-9,14-15,19,22H,1,4-7,10-12H2,2H3/t15?,17-/m0/s1. The Morgan fingerprint density at radius 3 is 2.67 bits per heavy atom. The summed E-state index contributed by atoms with van der Waals surface area (Å²) in [5.41, 5.74) is -0.471. The lowest BCUT2D eigenvalue weighted by Crippen LogP contribution is -2.52. The summed E-state index contributed by atoms with van der Waals surface area (Å²) in [5, 5.41) is 5.62. The zero-order valence-corrected chi connectivity index (χ0v) is 16.2. The van der Waals surface area contributed by atoms with Crippen LogP contribution in [-0.2, 0) is 9.84 Å². The van der Waals surface area contributed by atoms with Crippen LogP contribution in [0.1, 0.15) is 19.8 Å². The number of likely N-dealkylation sites (tertiary alicyclic amines) is 1. The van der Waals surface area contributed by atoms with Gasteiger partial charge < -0.3 is 10.1 Å². The summed E-state index contributed by atoms with van der Waals surface area (Å²) in [5.74, 6) is -0.472. The summed E-state index contributed by atoms with van der Waals surface area (Å²) >= 11 is 0. The van der Waals surface area contributed by atoms with E-state index in [2.05, 4.69) is 27.2 Å². The van der Waals surface area contributed by atoms with Crippen molar-refractivity contribution < 1.29 is 17.5 Å². The SMILES string of the molecule is C=CC(N1CCC(Oc2ncc(F)cn2)CC1)S(=O)(=O)C[C@]1(C)CNCN1. The molecular formula is C17H26FN5O3S. The van der Waals surface area contributed by atoms with Crippen LogP contribution in [0.2, 0.25) is 0 Å². The van der Waals surface area contributed by atoms with Gasteiger partial charge in [-0.2, -0.15) is 0 Å². The number of halogens is 1. The summed E-state index contributed by atoms with van der Waals surface area (Å²) in [6, 6.07) is 0.135. The monoisotopic (exact) mass is 399 g/mol. The van der Waals surface area contributed by atoms with E-state index in [4.69, 9.17) is 4.74 Å². The highest BCUT2D eigenvalue weighted by molar-refractivity contribution is 7.92. The molecule has 0 amide bonds. The van der Waals surface area contributed by atoms with Crippen molar-refractivity contribution in [3.05, 3.63) is 30.9 Å². The Kier molecular flexibility index (Phi) is 6.09. The van der Waals surface area contributed by atoms with Crippen LogP contribution in [0.4, 0.5) is 4.39 Å². The summed E-state index contributed by atoms with van der Waals surface area (Å²) in [7, 11) is -3.40. The van der Waals surface area contributed by atoms with Gasteiger partial charge in [-0.1, -0.05) is 6.08 Å². The zero-order valence-electron chi connectivity index (χ0n) is 15.4. The van der Waals surface area contributed by atoms with Crippen LogP contribution in [0.25, 0.3) is 0 Å². The first-order valence-electron chi connectivity index (χ1n) is 8.99. The van der Waals surface area contributed by atoms with Gasteiger partial charge in [0.2, 0.25) is 0 Å². The minimum atomic E-state index is -3.40. The molecule has 0 aromatic carbocycles. The molecule has 3 heterocycles. The lowest BCUT2D eigenvalue weighted by atomic mass is 10.1. The largest absolute Gasteiger partial charge is 0.460 e. The molecule has 27 heavy (non-hydrogen) atoms. The Bertz CT molecular complexity index is 744. The van der Waals surface area contributed by atoms with Crippen LogP contribution in [0.5, 0.6) is 6.01 Å². The van der Waals surface area contributed by atoms with Crippen LogP contribution in [-0.4, -0.2) is 72.4 Å². The van der Waals surface area contributed by atoms with E-state index in [0.717, 1.165) is 12.4 Å². The Labute approximate surface area is 159 Å². The van der Waals surface area contributed by atoms with Gasteiger partial charge in [-0.05, 0) is 19.8 Å². The third-order valence-corrected chi connectivity index (χ3v) is 7.22. The van der Waals surface area contributed by atoms with Crippen LogP contribution >= 0.6 is 0 Å². The number of aromatic nitrogens is 2. The lowest BCUT2D eigenvalue weighted by Gasteiger charge is -2.36. The van der Waals surface area contributed by atoms with Crippen molar-refractivity contribution in [2.24, 2.45) is 0 Å². The molecule has 2 atom stereocenters. The van der Waals surface area contributed by atoms with Gasteiger partial charge >= 0.3 is 6.01 Å². The molecule has 2 aliphatic heterocycles. The zero-order chi connectivity index (χ0) is 19.5. The highest BCUT2D eigenvalue weighted by atomic mass is 32.2. The smallest absolute Gasteiger partial charge is 0.316 e. The van der Waals surface area contributed by atoms with Gasteiger partial charge in [-0.15, -0.1) is 6.58 Å². The second-order valence-corrected chi connectivity index (χ2v) is 9.41. The molecule has 2 saturated heterocycles. The van der Waals surface area contributed by atoms with Crippen molar-refractivity contribution >= 4 is 9.84 Å². The first-order chi connectivity index (χ1) is 12.8. The molecule has 1 aromatic heterocycles. The first-order valence-corrected chi connectivity index (χ1v) is 10.7. The van der Waals surface area contributed by atoms with E-state index < -0.39 is 26.6 Å². The van der Waals surface area contributed by atoms with E-state index in [1.807, 2.05) is 11.8 Å². The van der Waals surface area contributed by atoms with Crippen molar-refractivity contribution in [2.75, 3.05) is 32.1 Å². The number of piperidine rings is 1. The predicted molar refractivity (Wildman–Crippen MR) is 99.4 cm³/mol. The fourth-order valence-electron chi connectivity index (χ4n) is 3.59. The van der Waals surface area contributed by atoms with E-state index in [1.165, 1.54) is 6.08 Å². The van der Waals surface area contributed by atoms with Crippen molar-refractivity contribution in [3.63, 3.8) is 0 Å². The van der Waals surface area contributed by atoms with Gasteiger partial charge in [0.05, 0.1) is 18.1 Å². The molecule has 0 radical (unpaired) electrons. The molecule has 10 heteroatoms. The third kappa shape index (κ3) is 5.01. The van der Waals surface area contributed by atoms with E-state index >= 15 is 0 Å². The molecule has 3 rings (SSSR count). The Balaban J connectivity index is 1.57. The van der Waals surface area contributed by atoms with Crippen LogP contribution in [0.15, 0.2) is 25.0 Å². The molecule has 1 unspecified atom stereocenters. The number of nitrogens with zero attached hydrogens (tertiary/aromatic N) is 3. The summed E-state index contributed by atoms with van der Waals surface area (Å²) < 4.78 is 44.5. The number of nitrogens with one attached hydrogen (secondary N) is 2. The van der Waals surface area contributed by atoms with Gasteiger partial charge in [0.25, 0.3) is 0 Å². The molecule has 2 N–H and O–H groups in total. The van der Waals surface area contributed by atoms with Crippen molar-refractivity contribution in [3.8, 4) is 6.01 Å². The molecule has 0 spiro atoms. The average molecular weight is 399 g/mol. The van der Waals surface area contributed by atoms with E-state index in [9.17, 15) is 12.8 Å². The highest BCUT2D eigenvalue weighted by Gasteiger charge is 2.39. The van der Waals surface area contributed by atoms with Gasteiger partial charge in [0, 0.05) is 31.8 Å². The maximum Gasteiger partial charge on any atom is 0.316 e. The summed E-state index contributed by atoms with van der Waals surface area (Å²) in [6.45, 7) is 8.01. The fourth-order valence-corrected chi connectivity index (χ4v) is 5.81. The van der Waals surface area contributed by atoms with E-state index in [1.54, 1.807) is 0 Å². The number of sulfone groups is 1. The molecule has 1 aromatic rings. The highest BCUT2D eigenvalue weighted by Crippen LogP contribution is 2.23. The molecule has 2 fully saturated rings. The van der Waals surface area contributed by atoms with E-state index in [-0.39, 0.29) is 17.9 Å². The molecule has 150 valence electrons. The molecular weight excluding hydrogens is 373 g/mol. The van der Waals surface area contributed by atoms with Crippen molar-refractivity contribution in [1.29, 1.82) is 0 Å². The van der Waals surface area contributed by atoms with Crippen LogP contribution < -0.4 is 15.4 Å². The third-order valence-electron chi connectivity index (χ3n) is 4.95. The Hall–Kier alpha value is -1.62. The second kappa shape index (κ2) is 8.17. The number of rotatable bonds is 7.